The molecule has 3 N–H and O–H groups in total. The molecule has 1 atom stereocenters. The highest BCUT2D eigenvalue weighted by molar-refractivity contribution is 6.05. The van der Waals surface area contributed by atoms with Crippen molar-refractivity contribution < 1.29 is 23.5 Å². The van der Waals surface area contributed by atoms with Crippen LogP contribution in [0.25, 0.3) is 0 Å². The number of hydrogen-bond acceptors (Lipinski definition) is 5. The maximum absolute atomic E-state index is 13.1. The second-order valence-electron chi connectivity index (χ2n) is 7.91. The van der Waals surface area contributed by atoms with Gasteiger partial charge in [-0.1, -0.05) is 42.5 Å². The van der Waals surface area contributed by atoms with Crippen molar-refractivity contribution in [2.75, 3.05) is 17.7 Å². The van der Waals surface area contributed by atoms with E-state index in [0.717, 1.165) is 5.56 Å². The van der Waals surface area contributed by atoms with Gasteiger partial charge in [-0.15, -0.1) is 0 Å². The number of methoxy groups -OCH3 is 1. The molecule has 8 heteroatoms. The summed E-state index contributed by atoms with van der Waals surface area (Å²) in [6.45, 7) is 0. The zero-order chi connectivity index (χ0) is 25.3. The van der Waals surface area contributed by atoms with E-state index in [2.05, 4.69) is 16.0 Å². The van der Waals surface area contributed by atoms with E-state index >= 15 is 0 Å². The normalized spacial score (nSPS) is 11.2. The van der Waals surface area contributed by atoms with Crippen molar-refractivity contribution in [1.82, 2.24) is 5.32 Å². The molecule has 0 radical (unpaired) electrons. The third-order valence-electron chi connectivity index (χ3n) is 5.42. The van der Waals surface area contributed by atoms with Crippen LogP contribution in [0.15, 0.2) is 102 Å². The average Bonchev–Trinajstić information content (AvgIpc) is 3.45. The highest BCUT2D eigenvalue weighted by Crippen LogP contribution is 2.24. The molecule has 0 saturated carbocycles. The molecule has 4 aromatic rings. The van der Waals surface area contributed by atoms with Crippen LogP contribution in [0, 0.1) is 0 Å². The summed E-state index contributed by atoms with van der Waals surface area (Å²) in [6, 6.07) is 25.2. The van der Waals surface area contributed by atoms with Gasteiger partial charge in [-0.2, -0.15) is 0 Å². The Morgan fingerprint density at radius 2 is 1.53 bits per heavy atom. The Bertz CT molecular complexity index is 1320. The molecule has 0 aliphatic rings. The van der Waals surface area contributed by atoms with Gasteiger partial charge < -0.3 is 25.1 Å². The minimum Gasteiger partial charge on any atom is -0.495 e. The van der Waals surface area contributed by atoms with E-state index in [9.17, 15) is 14.4 Å². The van der Waals surface area contributed by atoms with E-state index in [1.54, 1.807) is 48.5 Å². The summed E-state index contributed by atoms with van der Waals surface area (Å²) in [5.74, 6) is -0.531. The van der Waals surface area contributed by atoms with Gasteiger partial charge >= 0.3 is 0 Å². The molecule has 0 unspecified atom stereocenters. The molecule has 3 amide bonds. The molecule has 3 aromatic carbocycles. The van der Waals surface area contributed by atoms with Gasteiger partial charge in [-0.25, -0.2) is 0 Å². The molecule has 182 valence electrons. The SMILES string of the molecule is COc1ccccc1NC(=O)c1ccc(NC(=O)[C@H](Cc2ccccc2)NC(=O)c2ccco2)cc1. The first-order valence-corrected chi connectivity index (χ1v) is 11.3. The summed E-state index contributed by atoms with van der Waals surface area (Å²) in [6.07, 6.45) is 1.69. The van der Waals surface area contributed by atoms with E-state index in [1.165, 1.54) is 19.4 Å². The molecule has 0 fully saturated rings. The first kappa shape index (κ1) is 24.3. The van der Waals surface area contributed by atoms with Gasteiger partial charge in [0.15, 0.2) is 5.76 Å². The van der Waals surface area contributed by atoms with Gasteiger partial charge in [0, 0.05) is 17.7 Å². The number of carbonyl (C=O) groups is 3. The van der Waals surface area contributed by atoms with Crippen molar-refractivity contribution in [3.05, 3.63) is 114 Å². The summed E-state index contributed by atoms with van der Waals surface area (Å²) in [5, 5.41) is 8.36. The quantitative estimate of drug-likeness (QED) is 0.324. The lowest BCUT2D eigenvalue weighted by Gasteiger charge is -2.18. The minimum absolute atomic E-state index is 0.117. The highest BCUT2D eigenvalue weighted by atomic mass is 16.5. The Kier molecular flexibility index (Phi) is 7.77. The third kappa shape index (κ3) is 6.18. The van der Waals surface area contributed by atoms with Crippen LogP contribution < -0.4 is 20.7 Å². The average molecular weight is 484 g/mol. The summed E-state index contributed by atoms with van der Waals surface area (Å²) in [7, 11) is 1.53. The van der Waals surface area contributed by atoms with E-state index in [0.29, 0.717) is 29.1 Å². The number of rotatable bonds is 9. The molecule has 36 heavy (non-hydrogen) atoms. The van der Waals surface area contributed by atoms with E-state index in [4.69, 9.17) is 9.15 Å². The molecular formula is C28H25N3O5. The largest absolute Gasteiger partial charge is 0.495 e. The third-order valence-corrected chi connectivity index (χ3v) is 5.42. The fourth-order valence-corrected chi connectivity index (χ4v) is 3.57. The zero-order valence-corrected chi connectivity index (χ0v) is 19.6. The van der Waals surface area contributed by atoms with Crippen molar-refractivity contribution in [3.8, 4) is 5.75 Å². The number of anilines is 2. The van der Waals surface area contributed by atoms with Crippen molar-refractivity contribution in [1.29, 1.82) is 0 Å². The molecular weight excluding hydrogens is 458 g/mol. The number of hydrogen-bond donors (Lipinski definition) is 3. The van der Waals surface area contributed by atoms with E-state index < -0.39 is 17.9 Å². The standard InChI is InChI=1S/C28H25N3O5/c1-35-24-11-6-5-10-22(24)30-26(32)20-13-15-21(16-14-20)29-27(33)23(18-19-8-3-2-4-9-19)31-28(34)25-12-7-17-36-25/h2-17,23H,18H2,1H3,(H,29,33)(H,30,32)(H,31,34)/t23-/m0/s1. The van der Waals surface area contributed by atoms with Crippen LogP contribution in [-0.4, -0.2) is 30.9 Å². The van der Waals surface area contributed by atoms with Gasteiger partial charge in [0.2, 0.25) is 5.91 Å². The van der Waals surface area contributed by atoms with E-state index in [1.807, 2.05) is 36.4 Å². The zero-order valence-electron chi connectivity index (χ0n) is 19.6. The lowest BCUT2D eigenvalue weighted by atomic mass is 10.0. The molecule has 1 aromatic heterocycles. The predicted molar refractivity (Wildman–Crippen MR) is 136 cm³/mol. The van der Waals surface area contributed by atoms with Crippen molar-refractivity contribution in [3.63, 3.8) is 0 Å². The summed E-state index contributed by atoms with van der Waals surface area (Å²) >= 11 is 0. The van der Waals surface area contributed by atoms with Crippen LogP contribution in [0.4, 0.5) is 11.4 Å². The van der Waals surface area contributed by atoms with Crippen LogP contribution in [-0.2, 0) is 11.2 Å². The number of benzene rings is 3. The number of ether oxygens (including phenoxy) is 1. The van der Waals surface area contributed by atoms with Crippen molar-refractivity contribution in [2.24, 2.45) is 0 Å². The smallest absolute Gasteiger partial charge is 0.287 e. The predicted octanol–water partition coefficient (Wildman–Crippen LogP) is 4.52. The Hall–Kier alpha value is -4.85. The molecule has 1 heterocycles. The minimum atomic E-state index is -0.849. The van der Waals surface area contributed by atoms with Gasteiger partial charge in [-0.05, 0) is 54.1 Å². The highest BCUT2D eigenvalue weighted by Gasteiger charge is 2.23. The topological polar surface area (TPSA) is 110 Å². The lowest BCUT2D eigenvalue weighted by Crippen LogP contribution is -2.45. The Morgan fingerprint density at radius 3 is 2.22 bits per heavy atom. The summed E-state index contributed by atoms with van der Waals surface area (Å²) in [4.78, 5) is 38.3. The summed E-state index contributed by atoms with van der Waals surface area (Å²) in [5.41, 5.74) is 2.34. The van der Waals surface area contributed by atoms with Crippen molar-refractivity contribution >= 4 is 29.1 Å². The maximum Gasteiger partial charge on any atom is 0.287 e. The molecule has 8 nitrogen and oxygen atoms in total. The Balaban J connectivity index is 1.44. The molecule has 0 spiro atoms. The molecule has 0 saturated heterocycles. The summed E-state index contributed by atoms with van der Waals surface area (Å²) < 4.78 is 10.4. The number of furan rings is 1. The second kappa shape index (κ2) is 11.5. The first-order chi connectivity index (χ1) is 17.5. The fourth-order valence-electron chi connectivity index (χ4n) is 3.57. The van der Waals surface area contributed by atoms with Gasteiger partial charge in [0.05, 0.1) is 19.1 Å². The Labute approximate surface area is 208 Å². The lowest BCUT2D eigenvalue weighted by molar-refractivity contribution is -0.118. The molecule has 0 aliphatic carbocycles. The van der Waals surface area contributed by atoms with Gasteiger partial charge in [-0.3, -0.25) is 14.4 Å². The van der Waals surface area contributed by atoms with Crippen LogP contribution >= 0.6 is 0 Å². The monoisotopic (exact) mass is 483 g/mol. The Morgan fingerprint density at radius 1 is 0.806 bits per heavy atom. The van der Waals surface area contributed by atoms with Gasteiger partial charge in [0.25, 0.3) is 11.8 Å². The first-order valence-electron chi connectivity index (χ1n) is 11.3. The van der Waals surface area contributed by atoms with Crippen LogP contribution in [0.3, 0.4) is 0 Å². The molecule has 0 bridgehead atoms. The van der Waals surface area contributed by atoms with Crippen LogP contribution in [0.5, 0.6) is 5.75 Å². The van der Waals surface area contributed by atoms with Gasteiger partial charge in [0.1, 0.15) is 11.8 Å². The number of carbonyl (C=O) groups excluding carboxylic acids is 3. The second-order valence-corrected chi connectivity index (χ2v) is 7.91. The number of para-hydroxylation sites is 2. The van der Waals surface area contributed by atoms with E-state index in [-0.39, 0.29) is 11.7 Å². The van der Waals surface area contributed by atoms with Crippen LogP contribution in [0.1, 0.15) is 26.5 Å². The fraction of sp³-hybridized carbons (Fsp3) is 0.107. The maximum atomic E-state index is 13.1. The molecule has 4 rings (SSSR count). The number of nitrogens with one attached hydrogen (secondary N) is 3. The molecule has 0 aliphatic heterocycles. The number of amides is 3. The van der Waals surface area contributed by atoms with Crippen LogP contribution in [0.2, 0.25) is 0 Å². The van der Waals surface area contributed by atoms with Crippen molar-refractivity contribution in [2.45, 2.75) is 12.5 Å².